The predicted octanol–water partition coefficient (Wildman–Crippen LogP) is 5.69. The lowest BCUT2D eigenvalue weighted by atomic mass is 10.1. The van der Waals surface area contributed by atoms with Crippen LogP contribution < -0.4 is 5.73 Å². The summed E-state index contributed by atoms with van der Waals surface area (Å²) in [7, 11) is 0. The van der Waals surface area contributed by atoms with Crippen molar-refractivity contribution in [2.75, 3.05) is 26.2 Å². The van der Waals surface area contributed by atoms with Gasteiger partial charge in [-0.05, 0) is 31.2 Å². The Balaban J connectivity index is 1.74. The molecule has 1 aliphatic heterocycles. The molecule has 1 unspecified atom stereocenters. The van der Waals surface area contributed by atoms with Crippen molar-refractivity contribution in [1.29, 1.82) is 0 Å². The van der Waals surface area contributed by atoms with Gasteiger partial charge in [0.2, 0.25) is 0 Å². The number of nitrogens with two attached hydrogens (primary N) is 1. The third-order valence-electron chi connectivity index (χ3n) is 5.59. The van der Waals surface area contributed by atoms with Gasteiger partial charge in [-0.2, -0.15) is 0 Å². The second-order valence-electron chi connectivity index (χ2n) is 7.99. The summed E-state index contributed by atoms with van der Waals surface area (Å²) >= 11 is 0. The Labute approximate surface area is 172 Å². The van der Waals surface area contributed by atoms with Crippen LogP contribution in [-0.4, -0.2) is 37.1 Å². The number of hydrogen-bond acceptors (Lipinski definition) is 2. The van der Waals surface area contributed by atoms with Crippen molar-refractivity contribution in [3.05, 3.63) is 35.9 Å². The van der Waals surface area contributed by atoms with Crippen LogP contribution in [0.1, 0.15) is 89.2 Å². The number of ether oxygens (including phenoxy) is 1. The Morgan fingerprint density at radius 3 is 2.29 bits per heavy atom. The third-order valence-corrected chi connectivity index (χ3v) is 5.59. The van der Waals surface area contributed by atoms with Crippen LogP contribution in [-0.2, 0) is 4.74 Å². The first-order valence-electron chi connectivity index (χ1n) is 11.5. The van der Waals surface area contributed by atoms with Gasteiger partial charge in [-0.25, -0.2) is 0 Å². The standard InChI is InChI=1S/C24H41N3O/c1-2-3-4-5-6-7-8-15-20-28-23(22-16-11-9-12-17-22)21-26-24(25)27-18-13-10-14-19-27/h9,11-12,16-17,23H,2-8,10,13-15,18-21H2,1H3,(H2,25,26). The van der Waals surface area contributed by atoms with Crippen LogP contribution in [0.15, 0.2) is 35.3 Å². The molecule has 2 rings (SSSR count). The van der Waals surface area contributed by atoms with Gasteiger partial charge in [-0.1, -0.05) is 82.2 Å². The number of hydrogen-bond donors (Lipinski definition) is 1. The largest absolute Gasteiger partial charge is 0.372 e. The molecule has 0 aliphatic carbocycles. The number of nitrogens with zero attached hydrogens (tertiary/aromatic N) is 2. The summed E-state index contributed by atoms with van der Waals surface area (Å²) in [5.41, 5.74) is 7.43. The summed E-state index contributed by atoms with van der Waals surface area (Å²) in [4.78, 5) is 6.89. The first-order valence-corrected chi connectivity index (χ1v) is 11.5. The molecule has 1 saturated heterocycles. The van der Waals surface area contributed by atoms with E-state index in [0.717, 1.165) is 26.1 Å². The maximum Gasteiger partial charge on any atom is 0.191 e. The molecule has 0 amide bonds. The normalized spacial score (nSPS) is 16.3. The van der Waals surface area contributed by atoms with Gasteiger partial charge >= 0.3 is 0 Å². The van der Waals surface area contributed by atoms with Gasteiger partial charge in [-0.15, -0.1) is 0 Å². The summed E-state index contributed by atoms with van der Waals surface area (Å²) < 4.78 is 6.23. The fraction of sp³-hybridized carbons (Fsp3) is 0.708. The second-order valence-corrected chi connectivity index (χ2v) is 7.99. The van der Waals surface area contributed by atoms with Crippen LogP contribution in [0.3, 0.4) is 0 Å². The molecule has 0 spiro atoms. The average molecular weight is 388 g/mol. The zero-order chi connectivity index (χ0) is 19.9. The van der Waals surface area contributed by atoms with E-state index in [1.807, 2.05) is 6.07 Å². The number of piperidine rings is 1. The quantitative estimate of drug-likeness (QED) is 0.269. The number of unbranched alkanes of at least 4 members (excludes halogenated alkanes) is 7. The van der Waals surface area contributed by atoms with Crippen LogP contribution in [0, 0.1) is 0 Å². The Morgan fingerprint density at radius 2 is 1.61 bits per heavy atom. The van der Waals surface area contributed by atoms with Gasteiger partial charge in [0.25, 0.3) is 0 Å². The predicted molar refractivity (Wildman–Crippen MR) is 120 cm³/mol. The molecule has 0 bridgehead atoms. The minimum atomic E-state index is -0.00547. The monoisotopic (exact) mass is 387 g/mol. The highest BCUT2D eigenvalue weighted by Gasteiger charge is 2.15. The third kappa shape index (κ3) is 9.09. The second kappa shape index (κ2) is 14.4. The van der Waals surface area contributed by atoms with Crippen molar-refractivity contribution >= 4 is 5.96 Å². The smallest absolute Gasteiger partial charge is 0.191 e. The average Bonchev–Trinajstić information content (AvgIpc) is 2.75. The van der Waals surface area contributed by atoms with E-state index in [4.69, 9.17) is 10.5 Å². The molecule has 1 heterocycles. The molecule has 158 valence electrons. The van der Waals surface area contributed by atoms with Gasteiger partial charge in [0, 0.05) is 19.7 Å². The molecule has 1 aromatic rings. The van der Waals surface area contributed by atoms with Crippen molar-refractivity contribution < 1.29 is 4.74 Å². The van der Waals surface area contributed by atoms with Crippen LogP contribution >= 0.6 is 0 Å². The molecule has 28 heavy (non-hydrogen) atoms. The minimum absolute atomic E-state index is 0.00547. The number of rotatable bonds is 13. The van der Waals surface area contributed by atoms with Gasteiger partial charge in [-0.3, -0.25) is 4.99 Å². The molecular formula is C24H41N3O. The summed E-state index contributed by atoms with van der Waals surface area (Å²) in [6.07, 6.45) is 14.3. The molecule has 2 N–H and O–H groups in total. The van der Waals surface area contributed by atoms with Gasteiger partial charge < -0.3 is 15.4 Å². The highest BCUT2D eigenvalue weighted by molar-refractivity contribution is 5.78. The zero-order valence-electron chi connectivity index (χ0n) is 18.0. The van der Waals surface area contributed by atoms with Crippen molar-refractivity contribution in [3.63, 3.8) is 0 Å². The van der Waals surface area contributed by atoms with Gasteiger partial charge in [0.1, 0.15) is 6.10 Å². The zero-order valence-corrected chi connectivity index (χ0v) is 18.0. The summed E-state index contributed by atoms with van der Waals surface area (Å²) in [6.45, 7) is 5.73. The van der Waals surface area contributed by atoms with Crippen molar-refractivity contribution in [2.45, 2.75) is 83.7 Å². The highest BCUT2D eigenvalue weighted by Crippen LogP contribution is 2.19. The Bertz CT molecular complexity index is 526. The lowest BCUT2D eigenvalue weighted by Gasteiger charge is -2.28. The molecule has 0 radical (unpaired) electrons. The number of likely N-dealkylation sites (tertiary alicyclic amines) is 1. The maximum absolute atomic E-state index is 6.24. The molecule has 4 nitrogen and oxygen atoms in total. The molecule has 1 aliphatic rings. The first-order chi connectivity index (χ1) is 13.8. The summed E-state index contributed by atoms with van der Waals surface area (Å²) in [6, 6.07) is 10.4. The molecular weight excluding hydrogens is 346 g/mol. The van der Waals surface area contributed by atoms with E-state index in [-0.39, 0.29) is 6.10 Å². The van der Waals surface area contributed by atoms with Gasteiger partial charge in [0.05, 0.1) is 6.54 Å². The molecule has 1 atom stereocenters. The number of guanidine groups is 1. The lowest BCUT2D eigenvalue weighted by Crippen LogP contribution is -2.41. The lowest BCUT2D eigenvalue weighted by molar-refractivity contribution is 0.0559. The van der Waals surface area contributed by atoms with Crippen LogP contribution in [0.25, 0.3) is 0 Å². The van der Waals surface area contributed by atoms with E-state index in [1.165, 1.54) is 69.8 Å². The van der Waals surface area contributed by atoms with Crippen LogP contribution in [0.4, 0.5) is 0 Å². The van der Waals surface area contributed by atoms with Crippen molar-refractivity contribution in [2.24, 2.45) is 10.7 Å². The molecule has 0 saturated carbocycles. The number of aliphatic imine (C=N–C) groups is 1. The SMILES string of the molecule is CCCCCCCCCCOC(CN=C(N)N1CCCCC1)c1ccccc1. The summed E-state index contributed by atoms with van der Waals surface area (Å²) in [5, 5.41) is 0. The van der Waals surface area contributed by atoms with E-state index in [0.29, 0.717) is 12.5 Å². The summed E-state index contributed by atoms with van der Waals surface area (Å²) in [5.74, 6) is 0.677. The minimum Gasteiger partial charge on any atom is -0.372 e. The Morgan fingerprint density at radius 1 is 0.964 bits per heavy atom. The molecule has 4 heteroatoms. The van der Waals surface area contributed by atoms with Gasteiger partial charge in [0.15, 0.2) is 5.96 Å². The molecule has 0 aromatic heterocycles. The molecule has 1 aromatic carbocycles. The fourth-order valence-electron chi connectivity index (χ4n) is 3.78. The first kappa shape index (κ1) is 22.7. The molecule has 1 fully saturated rings. The van der Waals surface area contributed by atoms with E-state index in [1.54, 1.807) is 0 Å². The van der Waals surface area contributed by atoms with Crippen LogP contribution in [0.5, 0.6) is 0 Å². The van der Waals surface area contributed by atoms with Crippen molar-refractivity contribution in [3.8, 4) is 0 Å². The fourth-order valence-corrected chi connectivity index (χ4v) is 3.78. The topological polar surface area (TPSA) is 50.9 Å². The van der Waals surface area contributed by atoms with E-state index >= 15 is 0 Å². The Kier molecular flexibility index (Phi) is 11.7. The van der Waals surface area contributed by atoms with E-state index in [2.05, 4.69) is 41.1 Å². The van der Waals surface area contributed by atoms with E-state index < -0.39 is 0 Å². The van der Waals surface area contributed by atoms with Crippen LogP contribution in [0.2, 0.25) is 0 Å². The number of benzene rings is 1. The maximum atomic E-state index is 6.24. The van der Waals surface area contributed by atoms with E-state index in [9.17, 15) is 0 Å². The Hall–Kier alpha value is -1.55. The highest BCUT2D eigenvalue weighted by atomic mass is 16.5. The van der Waals surface area contributed by atoms with Crippen molar-refractivity contribution in [1.82, 2.24) is 4.90 Å².